The molecule has 0 amide bonds. The molecule has 2 heterocycles. The molecule has 0 aliphatic heterocycles. The predicted octanol–water partition coefficient (Wildman–Crippen LogP) is 3.27. The summed E-state index contributed by atoms with van der Waals surface area (Å²) in [6.45, 7) is 6.11. The number of carboxylic acids is 1. The maximum absolute atomic E-state index is 10.8. The lowest BCUT2D eigenvalue weighted by molar-refractivity contribution is -0.255. The van der Waals surface area contributed by atoms with Gasteiger partial charge in [-0.25, -0.2) is 9.97 Å². The number of rotatable bonds is 4. The summed E-state index contributed by atoms with van der Waals surface area (Å²) in [6, 6.07) is 6.78. The number of benzene rings is 1. The van der Waals surface area contributed by atoms with Gasteiger partial charge in [0.1, 0.15) is 15.7 Å². The number of nitrogens with zero attached hydrogens (tertiary/aromatic N) is 2. The lowest BCUT2D eigenvalue weighted by Gasteiger charge is -2.07. The maximum Gasteiger partial charge on any atom is 0.128 e. The Bertz CT molecular complexity index is 886. The van der Waals surface area contributed by atoms with E-state index in [-0.39, 0.29) is 5.56 Å². The monoisotopic (exact) mass is 343 g/mol. The first kappa shape index (κ1) is 16.0. The fourth-order valence-electron chi connectivity index (χ4n) is 2.31. The number of aryl methyl sites for hydroxylation is 3. The number of carbonyl (C=O) groups excluding carboxylic acids is 1. The van der Waals surface area contributed by atoms with Crippen LogP contribution in [0.4, 0.5) is 0 Å². The minimum Gasteiger partial charge on any atom is -0.545 e. The highest BCUT2D eigenvalue weighted by atomic mass is 32.2. The van der Waals surface area contributed by atoms with Gasteiger partial charge in [0.05, 0.1) is 5.97 Å². The van der Waals surface area contributed by atoms with Gasteiger partial charge >= 0.3 is 0 Å². The third-order valence-electron chi connectivity index (χ3n) is 3.67. The Labute approximate surface area is 142 Å². The topological polar surface area (TPSA) is 65.9 Å². The molecule has 0 saturated carbocycles. The van der Waals surface area contributed by atoms with Gasteiger partial charge in [-0.15, -0.1) is 23.1 Å². The highest BCUT2D eigenvalue weighted by Gasteiger charge is 2.13. The molecule has 6 heteroatoms. The number of thioether (sulfide) groups is 1. The number of thiophene rings is 1. The van der Waals surface area contributed by atoms with E-state index in [2.05, 4.69) is 23.8 Å². The van der Waals surface area contributed by atoms with E-state index in [1.807, 2.05) is 19.1 Å². The zero-order valence-corrected chi connectivity index (χ0v) is 14.7. The van der Waals surface area contributed by atoms with Gasteiger partial charge in [0.2, 0.25) is 0 Å². The molecule has 3 rings (SSSR count). The third kappa shape index (κ3) is 3.23. The molecule has 1 aromatic carbocycles. The van der Waals surface area contributed by atoms with Crippen LogP contribution in [0, 0.1) is 20.8 Å². The molecule has 118 valence electrons. The Kier molecular flexibility index (Phi) is 4.37. The fourth-order valence-corrected chi connectivity index (χ4v) is 4.53. The minimum absolute atomic E-state index is 0.198. The van der Waals surface area contributed by atoms with Crippen molar-refractivity contribution in [1.29, 1.82) is 0 Å². The average molecular weight is 343 g/mol. The van der Waals surface area contributed by atoms with Crippen LogP contribution in [0.1, 0.15) is 32.2 Å². The lowest BCUT2D eigenvalue weighted by Crippen LogP contribution is -2.21. The summed E-state index contributed by atoms with van der Waals surface area (Å²) >= 11 is 3.35. The van der Waals surface area contributed by atoms with Crippen LogP contribution in [0.15, 0.2) is 29.3 Å². The van der Waals surface area contributed by atoms with Crippen LogP contribution in [-0.2, 0) is 5.75 Å². The molecule has 3 aromatic rings. The Morgan fingerprint density at radius 2 is 1.87 bits per heavy atom. The van der Waals surface area contributed by atoms with Crippen molar-refractivity contribution >= 4 is 39.3 Å². The second-order valence-electron chi connectivity index (χ2n) is 5.31. The Morgan fingerprint density at radius 3 is 2.52 bits per heavy atom. The second-order valence-corrected chi connectivity index (χ2v) is 7.48. The number of carboxylic acid groups (broad SMARTS) is 1. The Morgan fingerprint density at radius 1 is 1.17 bits per heavy atom. The summed E-state index contributed by atoms with van der Waals surface area (Å²) in [5, 5.41) is 12.9. The number of carbonyl (C=O) groups is 1. The van der Waals surface area contributed by atoms with Crippen molar-refractivity contribution in [3.63, 3.8) is 0 Å². The molecule has 0 atom stereocenters. The number of fused-ring (bicyclic) bond motifs is 1. The normalized spacial score (nSPS) is 11.1. The van der Waals surface area contributed by atoms with Gasteiger partial charge in [-0.1, -0.05) is 24.3 Å². The van der Waals surface area contributed by atoms with E-state index in [0.717, 1.165) is 32.4 Å². The van der Waals surface area contributed by atoms with E-state index >= 15 is 0 Å². The zero-order valence-electron chi connectivity index (χ0n) is 13.0. The van der Waals surface area contributed by atoms with Crippen molar-refractivity contribution in [3.8, 4) is 0 Å². The SMILES string of the molecule is Cc1nc(SCc2ccc(C(=O)[O-])cc2)c2c(C)c(C)sc2n1. The van der Waals surface area contributed by atoms with Crippen LogP contribution < -0.4 is 5.11 Å². The standard InChI is InChI=1S/C17H16N2O2S2/c1-9-10(2)23-16-14(9)15(18-11(3)19-16)22-8-12-4-6-13(7-5-12)17(20)21/h4-7H,8H2,1-3H3,(H,20,21)/p-1. The summed E-state index contributed by atoms with van der Waals surface area (Å²) in [5.41, 5.74) is 2.48. The first-order valence-electron chi connectivity index (χ1n) is 7.13. The van der Waals surface area contributed by atoms with Crippen LogP contribution >= 0.6 is 23.1 Å². The number of aromatic nitrogens is 2. The van der Waals surface area contributed by atoms with Gasteiger partial charge in [0.15, 0.2) is 0 Å². The van der Waals surface area contributed by atoms with Crippen molar-refractivity contribution in [2.75, 3.05) is 0 Å². The summed E-state index contributed by atoms with van der Waals surface area (Å²) in [6.07, 6.45) is 0. The average Bonchev–Trinajstić information content (AvgIpc) is 2.79. The minimum atomic E-state index is -1.15. The molecule has 0 fully saturated rings. The Balaban J connectivity index is 1.88. The van der Waals surface area contributed by atoms with Crippen molar-refractivity contribution in [1.82, 2.24) is 9.97 Å². The number of aromatic carboxylic acids is 1. The summed E-state index contributed by atoms with van der Waals surface area (Å²) in [4.78, 5) is 22.2. The first-order chi connectivity index (χ1) is 11.0. The zero-order chi connectivity index (χ0) is 16.6. The van der Waals surface area contributed by atoms with Crippen LogP contribution in [0.3, 0.4) is 0 Å². The quantitative estimate of drug-likeness (QED) is 0.537. The van der Waals surface area contributed by atoms with Gasteiger partial charge in [-0.2, -0.15) is 0 Å². The molecular weight excluding hydrogens is 328 g/mol. The van der Waals surface area contributed by atoms with Crippen LogP contribution in [0.2, 0.25) is 0 Å². The van der Waals surface area contributed by atoms with Gasteiger partial charge in [-0.05, 0) is 37.5 Å². The van der Waals surface area contributed by atoms with Crippen molar-refractivity contribution < 1.29 is 9.90 Å². The summed E-state index contributed by atoms with van der Waals surface area (Å²) in [5.74, 6) is 0.350. The molecule has 0 unspecified atom stereocenters. The smallest absolute Gasteiger partial charge is 0.128 e. The molecular formula is C17H15N2O2S2-. The molecule has 4 nitrogen and oxygen atoms in total. The van der Waals surface area contributed by atoms with Crippen LogP contribution in [-0.4, -0.2) is 15.9 Å². The van der Waals surface area contributed by atoms with E-state index in [0.29, 0.717) is 0 Å². The highest BCUT2D eigenvalue weighted by Crippen LogP contribution is 2.36. The molecule has 0 radical (unpaired) electrons. The highest BCUT2D eigenvalue weighted by molar-refractivity contribution is 7.98. The van der Waals surface area contributed by atoms with Crippen LogP contribution in [0.25, 0.3) is 10.2 Å². The fraction of sp³-hybridized carbons (Fsp3) is 0.235. The second kappa shape index (κ2) is 6.29. The molecule has 2 aromatic heterocycles. The summed E-state index contributed by atoms with van der Waals surface area (Å²) in [7, 11) is 0. The third-order valence-corrected chi connectivity index (χ3v) is 5.82. The van der Waals surface area contributed by atoms with E-state index in [1.54, 1.807) is 35.2 Å². The molecule has 0 spiro atoms. The maximum atomic E-state index is 10.8. The van der Waals surface area contributed by atoms with Gasteiger partial charge in [0, 0.05) is 16.0 Å². The van der Waals surface area contributed by atoms with Crippen LogP contribution in [0.5, 0.6) is 0 Å². The molecule has 0 saturated heterocycles. The first-order valence-corrected chi connectivity index (χ1v) is 8.93. The Hall–Kier alpha value is -1.92. The van der Waals surface area contributed by atoms with Crippen molar-refractivity contribution in [3.05, 3.63) is 51.7 Å². The summed E-state index contributed by atoms with van der Waals surface area (Å²) < 4.78 is 0. The molecule has 0 aliphatic rings. The molecule has 0 aliphatic carbocycles. The van der Waals surface area contributed by atoms with E-state index in [1.165, 1.54) is 10.4 Å². The van der Waals surface area contributed by atoms with Crippen molar-refractivity contribution in [2.24, 2.45) is 0 Å². The van der Waals surface area contributed by atoms with E-state index in [9.17, 15) is 9.90 Å². The van der Waals surface area contributed by atoms with E-state index in [4.69, 9.17) is 0 Å². The van der Waals surface area contributed by atoms with Gasteiger partial charge < -0.3 is 9.90 Å². The largest absolute Gasteiger partial charge is 0.545 e. The molecule has 23 heavy (non-hydrogen) atoms. The lowest BCUT2D eigenvalue weighted by atomic mass is 10.1. The van der Waals surface area contributed by atoms with Crippen molar-refractivity contribution in [2.45, 2.75) is 31.6 Å². The predicted molar refractivity (Wildman–Crippen MR) is 92.0 cm³/mol. The number of hydrogen-bond acceptors (Lipinski definition) is 6. The molecule has 0 bridgehead atoms. The molecule has 0 N–H and O–H groups in total. The van der Waals surface area contributed by atoms with Gasteiger partial charge in [-0.3, -0.25) is 0 Å². The number of hydrogen-bond donors (Lipinski definition) is 0. The van der Waals surface area contributed by atoms with Gasteiger partial charge in [0.25, 0.3) is 0 Å². The van der Waals surface area contributed by atoms with E-state index < -0.39 is 5.97 Å².